The Kier molecular flexibility index (Phi) is 3.98. The second kappa shape index (κ2) is 5.92. The lowest BCUT2D eigenvalue weighted by Gasteiger charge is -2.18. The normalized spacial score (nSPS) is 17.8. The van der Waals surface area contributed by atoms with Crippen LogP contribution in [0.2, 0.25) is 0 Å². The Morgan fingerprint density at radius 3 is 2.86 bits per heavy atom. The smallest absolute Gasteiger partial charge is 0.229 e. The van der Waals surface area contributed by atoms with E-state index in [2.05, 4.69) is 26.3 Å². The quantitative estimate of drug-likeness (QED) is 0.909. The zero-order valence-corrected chi connectivity index (χ0v) is 13.6. The SMILES string of the molecule is Cn1cc(NC(=O)[C@@H]2CC(=O)N(c3ccccc3Br)C2)cn1. The lowest BCUT2D eigenvalue weighted by atomic mass is 10.1. The Morgan fingerprint density at radius 2 is 2.18 bits per heavy atom. The lowest BCUT2D eigenvalue weighted by Crippen LogP contribution is -2.28. The Balaban J connectivity index is 1.71. The summed E-state index contributed by atoms with van der Waals surface area (Å²) >= 11 is 3.44. The Labute approximate surface area is 136 Å². The third-order valence-electron chi connectivity index (χ3n) is 3.61. The largest absolute Gasteiger partial charge is 0.323 e. The number of amides is 2. The summed E-state index contributed by atoms with van der Waals surface area (Å²) in [7, 11) is 1.78. The molecule has 0 aliphatic carbocycles. The number of para-hydroxylation sites is 1. The fraction of sp³-hybridized carbons (Fsp3) is 0.267. The third kappa shape index (κ3) is 2.89. The second-order valence-corrected chi connectivity index (χ2v) is 6.10. The van der Waals surface area contributed by atoms with Gasteiger partial charge < -0.3 is 10.2 Å². The highest BCUT2D eigenvalue weighted by Gasteiger charge is 2.35. The summed E-state index contributed by atoms with van der Waals surface area (Å²) in [5.74, 6) is -0.561. The number of anilines is 2. The predicted octanol–water partition coefficient (Wildman–Crippen LogP) is 2.17. The van der Waals surface area contributed by atoms with Gasteiger partial charge in [-0.1, -0.05) is 12.1 Å². The third-order valence-corrected chi connectivity index (χ3v) is 4.28. The van der Waals surface area contributed by atoms with Crippen LogP contribution >= 0.6 is 15.9 Å². The maximum atomic E-state index is 12.3. The lowest BCUT2D eigenvalue weighted by molar-refractivity contribution is -0.122. The van der Waals surface area contributed by atoms with Gasteiger partial charge in [-0.3, -0.25) is 14.3 Å². The zero-order valence-electron chi connectivity index (χ0n) is 12.0. The minimum Gasteiger partial charge on any atom is -0.323 e. The summed E-state index contributed by atoms with van der Waals surface area (Å²) in [5, 5.41) is 6.80. The van der Waals surface area contributed by atoms with E-state index in [-0.39, 0.29) is 24.2 Å². The monoisotopic (exact) mass is 362 g/mol. The molecule has 1 aliphatic rings. The van der Waals surface area contributed by atoms with E-state index >= 15 is 0 Å². The minimum atomic E-state index is -0.361. The molecule has 1 atom stereocenters. The van der Waals surface area contributed by atoms with Crippen molar-refractivity contribution in [3.8, 4) is 0 Å². The van der Waals surface area contributed by atoms with E-state index in [0.717, 1.165) is 10.2 Å². The predicted molar refractivity (Wildman–Crippen MR) is 86.4 cm³/mol. The molecule has 7 heteroatoms. The number of carbonyl (C=O) groups excluding carboxylic acids is 2. The number of hydrogen-bond acceptors (Lipinski definition) is 3. The summed E-state index contributed by atoms with van der Waals surface area (Å²) in [5.41, 5.74) is 1.43. The van der Waals surface area contributed by atoms with Crippen molar-refractivity contribution < 1.29 is 9.59 Å². The van der Waals surface area contributed by atoms with E-state index < -0.39 is 0 Å². The fourth-order valence-corrected chi connectivity index (χ4v) is 3.02. The molecule has 0 unspecified atom stereocenters. The summed E-state index contributed by atoms with van der Waals surface area (Å²) in [6, 6.07) is 7.51. The summed E-state index contributed by atoms with van der Waals surface area (Å²) in [6.45, 7) is 0.382. The van der Waals surface area contributed by atoms with Gasteiger partial charge in [0.15, 0.2) is 0 Å². The molecule has 1 N–H and O–H groups in total. The molecular weight excluding hydrogens is 348 g/mol. The molecule has 1 fully saturated rings. The van der Waals surface area contributed by atoms with E-state index in [1.807, 2.05) is 24.3 Å². The number of carbonyl (C=O) groups is 2. The van der Waals surface area contributed by atoms with Gasteiger partial charge in [-0.15, -0.1) is 0 Å². The number of halogens is 1. The second-order valence-electron chi connectivity index (χ2n) is 5.25. The molecule has 0 spiro atoms. The molecular formula is C15H15BrN4O2. The molecule has 6 nitrogen and oxygen atoms in total. The van der Waals surface area contributed by atoms with E-state index in [4.69, 9.17) is 0 Å². The molecule has 0 saturated carbocycles. The fourth-order valence-electron chi connectivity index (χ4n) is 2.52. The van der Waals surface area contributed by atoms with Crippen molar-refractivity contribution in [3.05, 3.63) is 41.1 Å². The van der Waals surface area contributed by atoms with Crippen molar-refractivity contribution in [3.63, 3.8) is 0 Å². The van der Waals surface area contributed by atoms with Gasteiger partial charge in [0, 0.05) is 30.7 Å². The topological polar surface area (TPSA) is 67.2 Å². The Morgan fingerprint density at radius 1 is 1.41 bits per heavy atom. The average molecular weight is 363 g/mol. The van der Waals surface area contributed by atoms with Crippen LogP contribution in [-0.2, 0) is 16.6 Å². The molecule has 1 saturated heterocycles. The highest BCUT2D eigenvalue weighted by atomic mass is 79.9. The summed E-state index contributed by atoms with van der Waals surface area (Å²) < 4.78 is 2.46. The molecule has 1 aliphatic heterocycles. The average Bonchev–Trinajstić information content (AvgIpc) is 3.06. The van der Waals surface area contributed by atoms with Gasteiger partial charge in [0.1, 0.15) is 0 Å². The molecule has 1 aromatic carbocycles. The first-order valence-corrected chi connectivity index (χ1v) is 7.68. The first kappa shape index (κ1) is 14.8. The van der Waals surface area contributed by atoms with Crippen molar-refractivity contribution in [2.45, 2.75) is 6.42 Å². The molecule has 2 heterocycles. The van der Waals surface area contributed by atoms with Crippen LogP contribution in [0.1, 0.15) is 6.42 Å². The van der Waals surface area contributed by atoms with Crippen molar-refractivity contribution in [1.82, 2.24) is 9.78 Å². The number of rotatable bonds is 3. The van der Waals surface area contributed by atoms with Crippen molar-refractivity contribution in [1.29, 1.82) is 0 Å². The van der Waals surface area contributed by atoms with Crippen LogP contribution in [0.4, 0.5) is 11.4 Å². The van der Waals surface area contributed by atoms with Crippen molar-refractivity contribution in [2.75, 3.05) is 16.8 Å². The highest BCUT2D eigenvalue weighted by Crippen LogP contribution is 2.31. The van der Waals surface area contributed by atoms with Crippen LogP contribution in [0.3, 0.4) is 0 Å². The number of nitrogens with zero attached hydrogens (tertiary/aromatic N) is 3. The van der Waals surface area contributed by atoms with Gasteiger partial charge in [-0.05, 0) is 28.1 Å². The van der Waals surface area contributed by atoms with Crippen molar-refractivity contribution in [2.24, 2.45) is 13.0 Å². The number of aromatic nitrogens is 2. The maximum Gasteiger partial charge on any atom is 0.229 e. The van der Waals surface area contributed by atoms with Crippen LogP contribution in [-0.4, -0.2) is 28.1 Å². The van der Waals surface area contributed by atoms with E-state index in [1.54, 1.807) is 29.0 Å². The number of hydrogen-bond donors (Lipinski definition) is 1. The van der Waals surface area contributed by atoms with E-state index in [1.165, 1.54) is 0 Å². The maximum absolute atomic E-state index is 12.3. The van der Waals surface area contributed by atoms with Gasteiger partial charge >= 0.3 is 0 Å². The number of nitrogens with one attached hydrogen (secondary N) is 1. The highest BCUT2D eigenvalue weighted by molar-refractivity contribution is 9.10. The Bertz CT molecular complexity index is 728. The van der Waals surface area contributed by atoms with Gasteiger partial charge in [0.05, 0.1) is 23.5 Å². The first-order valence-electron chi connectivity index (χ1n) is 6.89. The molecule has 114 valence electrons. The van der Waals surface area contributed by atoms with Crippen LogP contribution in [0.25, 0.3) is 0 Å². The van der Waals surface area contributed by atoms with Gasteiger partial charge in [0.25, 0.3) is 0 Å². The van der Waals surface area contributed by atoms with Gasteiger partial charge in [-0.2, -0.15) is 5.10 Å². The number of aryl methyl sites for hydroxylation is 1. The molecule has 1 aromatic heterocycles. The zero-order chi connectivity index (χ0) is 15.7. The van der Waals surface area contributed by atoms with E-state index in [9.17, 15) is 9.59 Å². The standard InChI is InChI=1S/C15H15BrN4O2/c1-19-9-11(7-17-19)18-15(22)10-6-14(21)20(8-10)13-5-3-2-4-12(13)16/h2-5,7,9-10H,6,8H2,1H3,(H,18,22)/t10-/m1/s1. The molecule has 22 heavy (non-hydrogen) atoms. The summed E-state index contributed by atoms with van der Waals surface area (Å²) in [4.78, 5) is 26.1. The van der Waals surface area contributed by atoms with Crippen LogP contribution in [0, 0.1) is 5.92 Å². The molecule has 2 aromatic rings. The molecule has 0 bridgehead atoms. The van der Waals surface area contributed by atoms with Crippen molar-refractivity contribution >= 4 is 39.1 Å². The minimum absolute atomic E-state index is 0.0433. The van der Waals surface area contributed by atoms with Gasteiger partial charge in [0.2, 0.25) is 11.8 Å². The van der Waals surface area contributed by atoms with Crippen LogP contribution in [0.15, 0.2) is 41.1 Å². The van der Waals surface area contributed by atoms with Crippen LogP contribution < -0.4 is 10.2 Å². The van der Waals surface area contributed by atoms with E-state index in [0.29, 0.717) is 12.2 Å². The number of benzene rings is 1. The molecule has 0 radical (unpaired) electrons. The summed E-state index contributed by atoms with van der Waals surface area (Å²) in [6.07, 6.45) is 3.52. The molecule has 2 amide bonds. The van der Waals surface area contributed by atoms with Gasteiger partial charge in [-0.25, -0.2) is 0 Å². The first-order chi connectivity index (χ1) is 10.5. The molecule has 3 rings (SSSR count). The Hall–Kier alpha value is -2.15. The van der Waals surface area contributed by atoms with Crippen LogP contribution in [0.5, 0.6) is 0 Å².